The zero-order valence-electron chi connectivity index (χ0n) is 9.14. The van der Waals surface area contributed by atoms with E-state index in [9.17, 15) is 4.79 Å². The maximum atomic E-state index is 11.4. The second-order valence-corrected chi connectivity index (χ2v) is 3.56. The van der Waals surface area contributed by atoms with E-state index in [1.165, 1.54) is 6.33 Å². The Balaban J connectivity index is 2.24. The summed E-state index contributed by atoms with van der Waals surface area (Å²) in [6, 6.07) is 0. The summed E-state index contributed by atoms with van der Waals surface area (Å²) in [4.78, 5) is 19.4. The van der Waals surface area contributed by atoms with Gasteiger partial charge in [0.15, 0.2) is 11.6 Å². The number of hydrazine groups is 1. The van der Waals surface area contributed by atoms with Crippen LogP contribution in [-0.4, -0.2) is 29.5 Å². The lowest BCUT2D eigenvalue weighted by molar-refractivity contribution is -0.121. The van der Waals surface area contributed by atoms with Gasteiger partial charge in [0, 0.05) is 13.0 Å². The summed E-state index contributed by atoms with van der Waals surface area (Å²) >= 11 is 0. The molecule has 0 aromatic carbocycles. The van der Waals surface area contributed by atoms with Crippen LogP contribution in [0.4, 0.5) is 5.82 Å². The van der Waals surface area contributed by atoms with Gasteiger partial charge in [-0.05, 0) is 12.8 Å². The Morgan fingerprint density at radius 3 is 3.19 bits per heavy atom. The van der Waals surface area contributed by atoms with Gasteiger partial charge in [0.2, 0.25) is 5.91 Å². The third kappa shape index (κ3) is 2.21. The molecule has 0 bridgehead atoms. The van der Waals surface area contributed by atoms with E-state index >= 15 is 0 Å². The first-order valence-electron chi connectivity index (χ1n) is 5.22. The van der Waals surface area contributed by atoms with E-state index in [4.69, 9.17) is 4.74 Å². The van der Waals surface area contributed by atoms with Crippen LogP contribution in [0.25, 0.3) is 0 Å². The number of methoxy groups -OCH3 is 1. The monoisotopic (exact) mass is 222 g/mol. The molecule has 2 rings (SSSR count). The summed E-state index contributed by atoms with van der Waals surface area (Å²) in [7, 11) is 1.56. The van der Waals surface area contributed by atoms with Crippen LogP contribution in [0, 0.1) is 0 Å². The molecule has 2 heterocycles. The third-order valence-corrected chi connectivity index (χ3v) is 2.43. The van der Waals surface area contributed by atoms with Crippen molar-refractivity contribution in [2.75, 3.05) is 18.7 Å². The zero-order valence-corrected chi connectivity index (χ0v) is 9.14. The summed E-state index contributed by atoms with van der Waals surface area (Å²) in [6.07, 6.45) is 5.43. The van der Waals surface area contributed by atoms with Crippen LogP contribution in [0.15, 0.2) is 12.5 Å². The average molecular weight is 222 g/mol. The molecule has 6 heteroatoms. The highest BCUT2D eigenvalue weighted by Crippen LogP contribution is 2.23. The number of aromatic nitrogens is 2. The highest BCUT2D eigenvalue weighted by molar-refractivity contribution is 5.78. The Bertz CT molecular complexity index is 383. The van der Waals surface area contributed by atoms with Crippen molar-refractivity contribution < 1.29 is 9.53 Å². The van der Waals surface area contributed by atoms with Crippen LogP contribution in [0.1, 0.15) is 19.3 Å². The normalized spacial score (nSPS) is 16.6. The molecule has 1 aromatic rings. The minimum absolute atomic E-state index is 0.0122. The van der Waals surface area contributed by atoms with Gasteiger partial charge in [0.1, 0.15) is 6.33 Å². The number of rotatable bonds is 2. The second kappa shape index (κ2) is 4.78. The molecule has 1 fully saturated rings. The minimum atomic E-state index is 0.0122. The smallest absolute Gasteiger partial charge is 0.238 e. The number of nitrogens with zero attached hydrogens (tertiary/aromatic N) is 3. The standard InChI is InChI=1S/C10H14N4O2/c1-16-8-6-11-7-12-10(8)14-5-3-2-4-9(15)13-14/h6-7H,2-5H2,1H3,(H,13,15). The molecule has 0 spiro atoms. The van der Waals surface area contributed by atoms with Crippen molar-refractivity contribution in [1.82, 2.24) is 15.4 Å². The Kier molecular flexibility index (Phi) is 3.19. The molecule has 1 saturated heterocycles. The molecule has 0 atom stereocenters. The first kappa shape index (κ1) is 10.7. The van der Waals surface area contributed by atoms with E-state index in [0.717, 1.165) is 19.4 Å². The molecule has 1 aliphatic heterocycles. The number of hydrogen-bond acceptors (Lipinski definition) is 5. The lowest BCUT2D eigenvalue weighted by Gasteiger charge is -2.22. The fourth-order valence-electron chi connectivity index (χ4n) is 1.63. The number of anilines is 1. The Labute approximate surface area is 93.6 Å². The second-order valence-electron chi connectivity index (χ2n) is 3.56. The molecule has 0 aliphatic carbocycles. The lowest BCUT2D eigenvalue weighted by Crippen LogP contribution is -2.41. The first-order valence-corrected chi connectivity index (χ1v) is 5.22. The predicted octanol–water partition coefficient (Wildman–Crippen LogP) is 0.507. The van der Waals surface area contributed by atoms with Crippen molar-refractivity contribution in [2.45, 2.75) is 19.3 Å². The maximum absolute atomic E-state index is 11.4. The van der Waals surface area contributed by atoms with E-state index in [0.29, 0.717) is 18.0 Å². The SMILES string of the molecule is COc1cncnc1N1CCCCC(=O)N1. The van der Waals surface area contributed by atoms with Crippen molar-refractivity contribution in [3.05, 3.63) is 12.5 Å². The Morgan fingerprint density at radius 1 is 1.50 bits per heavy atom. The van der Waals surface area contributed by atoms with E-state index < -0.39 is 0 Å². The van der Waals surface area contributed by atoms with Gasteiger partial charge >= 0.3 is 0 Å². The molecule has 0 unspecified atom stereocenters. The predicted molar refractivity (Wildman–Crippen MR) is 57.9 cm³/mol. The number of nitrogens with one attached hydrogen (secondary N) is 1. The molecule has 86 valence electrons. The molecule has 0 radical (unpaired) electrons. The molecule has 0 saturated carbocycles. The molecule has 6 nitrogen and oxygen atoms in total. The molecule has 1 N–H and O–H groups in total. The van der Waals surface area contributed by atoms with Gasteiger partial charge in [-0.2, -0.15) is 0 Å². The largest absolute Gasteiger partial charge is 0.491 e. The Morgan fingerprint density at radius 2 is 2.38 bits per heavy atom. The van der Waals surface area contributed by atoms with Crippen LogP contribution in [0.2, 0.25) is 0 Å². The number of carbonyl (C=O) groups is 1. The van der Waals surface area contributed by atoms with Gasteiger partial charge in [-0.1, -0.05) is 0 Å². The number of carbonyl (C=O) groups excluding carboxylic acids is 1. The summed E-state index contributed by atoms with van der Waals surface area (Å²) in [6.45, 7) is 0.735. The van der Waals surface area contributed by atoms with Crippen LogP contribution in [0.3, 0.4) is 0 Å². The molecular weight excluding hydrogens is 208 g/mol. The summed E-state index contributed by atoms with van der Waals surface area (Å²) in [5.41, 5.74) is 2.79. The Hall–Kier alpha value is -1.85. The minimum Gasteiger partial charge on any atom is -0.491 e. The summed E-state index contributed by atoms with van der Waals surface area (Å²) in [5, 5.41) is 1.72. The van der Waals surface area contributed by atoms with Crippen molar-refractivity contribution in [2.24, 2.45) is 0 Å². The fourth-order valence-corrected chi connectivity index (χ4v) is 1.63. The van der Waals surface area contributed by atoms with Gasteiger partial charge < -0.3 is 4.74 Å². The quantitative estimate of drug-likeness (QED) is 0.789. The van der Waals surface area contributed by atoms with Crippen molar-refractivity contribution in [3.8, 4) is 5.75 Å². The van der Waals surface area contributed by atoms with Crippen LogP contribution in [0.5, 0.6) is 5.75 Å². The molecule has 16 heavy (non-hydrogen) atoms. The van der Waals surface area contributed by atoms with Gasteiger partial charge in [0.25, 0.3) is 0 Å². The zero-order chi connectivity index (χ0) is 11.4. The summed E-state index contributed by atoms with van der Waals surface area (Å²) in [5.74, 6) is 1.18. The van der Waals surface area contributed by atoms with Crippen LogP contribution < -0.4 is 15.2 Å². The van der Waals surface area contributed by atoms with E-state index in [-0.39, 0.29) is 5.91 Å². The van der Waals surface area contributed by atoms with Crippen molar-refractivity contribution >= 4 is 11.7 Å². The van der Waals surface area contributed by atoms with E-state index in [1.54, 1.807) is 18.3 Å². The molecule has 1 amide bonds. The highest BCUT2D eigenvalue weighted by atomic mass is 16.5. The van der Waals surface area contributed by atoms with Crippen molar-refractivity contribution in [3.63, 3.8) is 0 Å². The highest BCUT2D eigenvalue weighted by Gasteiger charge is 2.18. The van der Waals surface area contributed by atoms with E-state index in [2.05, 4.69) is 15.4 Å². The van der Waals surface area contributed by atoms with Gasteiger partial charge in [-0.3, -0.25) is 15.2 Å². The third-order valence-electron chi connectivity index (χ3n) is 2.43. The number of amides is 1. The van der Waals surface area contributed by atoms with Gasteiger partial charge in [-0.25, -0.2) is 9.97 Å². The number of ether oxygens (including phenoxy) is 1. The maximum Gasteiger partial charge on any atom is 0.238 e. The molecule has 1 aliphatic rings. The van der Waals surface area contributed by atoms with Gasteiger partial charge in [-0.15, -0.1) is 0 Å². The first-order chi connectivity index (χ1) is 7.81. The summed E-state index contributed by atoms with van der Waals surface area (Å²) < 4.78 is 5.16. The molecular formula is C10H14N4O2. The van der Waals surface area contributed by atoms with E-state index in [1.807, 2.05) is 0 Å². The fraction of sp³-hybridized carbons (Fsp3) is 0.500. The molecule has 1 aromatic heterocycles. The van der Waals surface area contributed by atoms with Crippen molar-refractivity contribution in [1.29, 1.82) is 0 Å². The van der Waals surface area contributed by atoms with Crippen LogP contribution >= 0.6 is 0 Å². The van der Waals surface area contributed by atoms with Gasteiger partial charge in [0.05, 0.1) is 13.3 Å². The topological polar surface area (TPSA) is 67.4 Å². The van der Waals surface area contributed by atoms with Crippen LogP contribution in [-0.2, 0) is 4.79 Å². The average Bonchev–Trinajstić information content (AvgIpc) is 2.54. The lowest BCUT2D eigenvalue weighted by atomic mass is 10.2. The number of hydrogen-bond donors (Lipinski definition) is 1.